The summed E-state index contributed by atoms with van der Waals surface area (Å²) in [6, 6.07) is 3.91. The fraction of sp³-hybridized carbons (Fsp3) is 0.588. The summed E-state index contributed by atoms with van der Waals surface area (Å²) in [6.07, 6.45) is 4.76. The lowest BCUT2D eigenvalue weighted by Gasteiger charge is -2.32. The maximum Gasteiger partial charge on any atom is 0.217 e. The normalized spacial score (nSPS) is 21.2. The SMILES string of the molecule is COc1ccc([C@@H]2CCCC[C@H]2CC(N)=O)c(OC)c1OC. The quantitative estimate of drug-likeness (QED) is 0.877. The highest BCUT2D eigenvalue weighted by Gasteiger charge is 2.31. The van der Waals surface area contributed by atoms with Crippen LogP contribution in [0.15, 0.2) is 12.1 Å². The predicted octanol–water partition coefficient (Wildman–Crippen LogP) is 2.86. The van der Waals surface area contributed by atoms with E-state index in [4.69, 9.17) is 19.9 Å². The van der Waals surface area contributed by atoms with E-state index in [-0.39, 0.29) is 17.7 Å². The predicted molar refractivity (Wildman–Crippen MR) is 84.6 cm³/mol. The first-order chi connectivity index (χ1) is 10.6. The van der Waals surface area contributed by atoms with Gasteiger partial charge in [0.25, 0.3) is 0 Å². The summed E-state index contributed by atoms with van der Waals surface area (Å²) in [4.78, 5) is 11.4. The first-order valence-corrected chi connectivity index (χ1v) is 7.69. The lowest BCUT2D eigenvalue weighted by molar-refractivity contribution is -0.119. The summed E-state index contributed by atoms with van der Waals surface area (Å²) in [5.74, 6) is 2.23. The molecule has 0 aliphatic heterocycles. The second-order valence-corrected chi connectivity index (χ2v) is 5.75. The molecule has 0 bridgehead atoms. The van der Waals surface area contributed by atoms with Crippen molar-refractivity contribution < 1.29 is 19.0 Å². The summed E-state index contributed by atoms with van der Waals surface area (Å²) in [5, 5.41) is 0. The highest BCUT2D eigenvalue weighted by atomic mass is 16.5. The Morgan fingerprint density at radius 1 is 1.09 bits per heavy atom. The van der Waals surface area contributed by atoms with E-state index in [9.17, 15) is 4.79 Å². The van der Waals surface area contributed by atoms with Gasteiger partial charge in [-0.3, -0.25) is 4.79 Å². The van der Waals surface area contributed by atoms with E-state index in [0.29, 0.717) is 23.7 Å². The molecule has 2 rings (SSSR count). The second-order valence-electron chi connectivity index (χ2n) is 5.75. The maximum atomic E-state index is 11.4. The summed E-state index contributed by atoms with van der Waals surface area (Å²) < 4.78 is 16.4. The first-order valence-electron chi connectivity index (χ1n) is 7.69. The van der Waals surface area contributed by atoms with Gasteiger partial charge in [-0.1, -0.05) is 18.9 Å². The molecule has 0 radical (unpaired) electrons. The number of hydrogen-bond donors (Lipinski definition) is 1. The minimum absolute atomic E-state index is 0.239. The van der Waals surface area contributed by atoms with E-state index in [1.54, 1.807) is 21.3 Å². The van der Waals surface area contributed by atoms with Crippen molar-refractivity contribution in [2.75, 3.05) is 21.3 Å². The maximum absolute atomic E-state index is 11.4. The average molecular weight is 307 g/mol. The van der Waals surface area contributed by atoms with Crippen molar-refractivity contribution in [2.45, 2.75) is 38.0 Å². The van der Waals surface area contributed by atoms with Crippen molar-refractivity contribution in [1.82, 2.24) is 0 Å². The van der Waals surface area contributed by atoms with Crippen LogP contribution in [0.4, 0.5) is 0 Å². The molecule has 1 fully saturated rings. The van der Waals surface area contributed by atoms with Crippen LogP contribution in [0.25, 0.3) is 0 Å². The Balaban J connectivity index is 2.42. The van der Waals surface area contributed by atoms with Gasteiger partial charge in [0.05, 0.1) is 21.3 Å². The topological polar surface area (TPSA) is 70.8 Å². The van der Waals surface area contributed by atoms with Gasteiger partial charge in [-0.05, 0) is 30.7 Å². The minimum atomic E-state index is -0.239. The number of ether oxygens (including phenoxy) is 3. The number of carbonyl (C=O) groups excluding carboxylic acids is 1. The summed E-state index contributed by atoms with van der Waals surface area (Å²) in [5.41, 5.74) is 6.50. The molecule has 1 aromatic carbocycles. The monoisotopic (exact) mass is 307 g/mol. The van der Waals surface area contributed by atoms with Crippen LogP contribution in [0.5, 0.6) is 17.2 Å². The van der Waals surface area contributed by atoms with Crippen LogP contribution >= 0.6 is 0 Å². The molecule has 0 aromatic heterocycles. The van der Waals surface area contributed by atoms with Gasteiger partial charge in [0, 0.05) is 12.0 Å². The van der Waals surface area contributed by atoms with E-state index in [1.165, 1.54) is 0 Å². The fourth-order valence-corrected chi connectivity index (χ4v) is 3.54. The zero-order chi connectivity index (χ0) is 16.1. The number of primary amides is 1. The van der Waals surface area contributed by atoms with Gasteiger partial charge in [-0.2, -0.15) is 0 Å². The zero-order valence-electron chi connectivity index (χ0n) is 13.6. The lowest BCUT2D eigenvalue weighted by Crippen LogP contribution is -2.24. The molecular formula is C17H25NO4. The van der Waals surface area contributed by atoms with Crippen LogP contribution in [0, 0.1) is 5.92 Å². The van der Waals surface area contributed by atoms with Gasteiger partial charge in [0.1, 0.15) is 0 Å². The molecule has 5 nitrogen and oxygen atoms in total. The van der Waals surface area contributed by atoms with Crippen LogP contribution in [0.1, 0.15) is 43.6 Å². The van der Waals surface area contributed by atoms with Crippen LogP contribution in [0.3, 0.4) is 0 Å². The zero-order valence-corrected chi connectivity index (χ0v) is 13.6. The molecule has 2 N–H and O–H groups in total. The van der Waals surface area contributed by atoms with E-state index in [0.717, 1.165) is 31.2 Å². The molecule has 2 atom stereocenters. The van der Waals surface area contributed by atoms with Gasteiger partial charge in [-0.25, -0.2) is 0 Å². The number of rotatable bonds is 6. The van der Waals surface area contributed by atoms with Crippen molar-refractivity contribution in [3.63, 3.8) is 0 Å². The van der Waals surface area contributed by atoms with Crippen LogP contribution < -0.4 is 19.9 Å². The lowest BCUT2D eigenvalue weighted by atomic mass is 9.73. The average Bonchev–Trinajstić information content (AvgIpc) is 2.53. The highest BCUT2D eigenvalue weighted by Crippen LogP contribution is 2.48. The molecule has 1 amide bonds. The van der Waals surface area contributed by atoms with Crippen molar-refractivity contribution in [3.8, 4) is 17.2 Å². The minimum Gasteiger partial charge on any atom is -0.493 e. The van der Waals surface area contributed by atoms with Crippen LogP contribution in [-0.4, -0.2) is 27.2 Å². The first kappa shape index (κ1) is 16.5. The molecule has 0 saturated heterocycles. The summed E-state index contributed by atoms with van der Waals surface area (Å²) >= 11 is 0. The molecule has 0 heterocycles. The molecule has 1 aliphatic carbocycles. The van der Waals surface area contributed by atoms with Crippen molar-refractivity contribution in [1.29, 1.82) is 0 Å². The Bertz CT molecular complexity index is 530. The van der Waals surface area contributed by atoms with Gasteiger partial charge in [-0.15, -0.1) is 0 Å². The standard InChI is InChI=1S/C17H25NO4/c1-20-14-9-8-13(16(21-2)17(14)22-3)12-7-5-4-6-11(12)10-15(18)19/h8-9,11-12H,4-7,10H2,1-3H3,(H2,18,19)/t11-,12+/m0/s1. The number of hydrogen-bond acceptors (Lipinski definition) is 4. The Morgan fingerprint density at radius 3 is 2.36 bits per heavy atom. The summed E-state index contributed by atoms with van der Waals surface area (Å²) in [6.45, 7) is 0. The molecule has 1 aliphatic rings. The molecule has 22 heavy (non-hydrogen) atoms. The van der Waals surface area contributed by atoms with Gasteiger partial charge >= 0.3 is 0 Å². The molecular weight excluding hydrogens is 282 g/mol. The molecule has 1 saturated carbocycles. The smallest absolute Gasteiger partial charge is 0.217 e. The van der Waals surface area contributed by atoms with Gasteiger partial charge < -0.3 is 19.9 Å². The summed E-state index contributed by atoms with van der Waals surface area (Å²) in [7, 11) is 4.84. The Morgan fingerprint density at radius 2 is 1.77 bits per heavy atom. The molecule has 0 spiro atoms. The van der Waals surface area contributed by atoms with Gasteiger partial charge in [0.2, 0.25) is 11.7 Å². The van der Waals surface area contributed by atoms with Crippen molar-refractivity contribution in [3.05, 3.63) is 17.7 Å². The van der Waals surface area contributed by atoms with E-state index < -0.39 is 0 Å². The molecule has 5 heteroatoms. The van der Waals surface area contributed by atoms with Crippen LogP contribution in [0.2, 0.25) is 0 Å². The Kier molecular flexibility index (Phi) is 5.52. The van der Waals surface area contributed by atoms with E-state index >= 15 is 0 Å². The number of benzene rings is 1. The number of methoxy groups -OCH3 is 3. The molecule has 1 aromatic rings. The fourth-order valence-electron chi connectivity index (χ4n) is 3.54. The largest absolute Gasteiger partial charge is 0.493 e. The van der Waals surface area contributed by atoms with E-state index in [2.05, 4.69) is 0 Å². The van der Waals surface area contributed by atoms with Crippen molar-refractivity contribution in [2.24, 2.45) is 11.7 Å². The highest BCUT2D eigenvalue weighted by molar-refractivity contribution is 5.74. The molecule has 0 unspecified atom stereocenters. The van der Waals surface area contributed by atoms with Crippen LogP contribution in [-0.2, 0) is 4.79 Å². The third-order valence-electron chi connectivity index (χ3n) is 4.51. The molecule has 122 valence electrons. The number of carbonyl (C=O) groups is 1. The Labute approximate surface area is 131 Å². The third kappa shape index (κ3) is 3.29. The number of amides is 1. The Hall–Kier alpha value is -1.91. The van der Waals surface area contributed by atoms with Gasteiger partial charge in [0.15, 0.2) is 11.5 Å². The third-order valence-corrected chi connectivity index (χ3v) is 4.51. The van der Waals surface area contributed by atoms with Crippen molar-refractivity contribution >= 4 is 5.91 Å². The number of nitrogens with two attached hydrogens (primary N) is 1. The van der Waals surface area contributed by atoms with E-state index in [1.807, 2.05) is 12.1 Å². The second kappa shape index (κ2) is 7.38.